The zero-order chi connectivity index (χ0) is 13.2. The summed E-state index contributed by atoms with van der Waals surface area (Å²) in [5.41, 5.74) is 8.60. The summed E-state index contributed by atoms with van der Waals surface area (Å²) in [7, 11) is 0. The van der Waals surface area contributed by atoms with Gasteiger partial charge in [0.15, 0.2) is 10.8 Å². The fourth-order valence-corrected chi connectivity index (χ4v) is 2.65. The fourth-order valence-electron chi connectivity index (χ4n) is 1.76. The molecule has 0 aliphatic carbocycles. The molecule has 0 aliphatic rings. The summed E-state index contributed by atoms with van der Waals surface area (Å²) in [6.45, 7) is 1.88. The van der Waals surface area contributed by atoms with E-state index >= 15 is 0 Å². The van der Waals surface area contributed by atoms with Gasteiger partial charge in [0, 0.05) is 29.9 Å². The van der Waals surface area contributed by atoms with Crippen molar-refractivity contribution in [2.45, 2.75) is 17.8 Å². The number of thioether (sulfide) groups is 1. The number of hydrogen-bond donors (Lipinski definition) is 1. The predicted molar refractivity (Wildman–Crippen MR) is 73.7 cm³/mol. The van der Waals surface area contributed by atoms with Gasteiger partial charge >= 0.3 is 0 Å². The van der Waals surface area contributed by atoms with E-state index in [-0.39, 0.29) is 0 Å². The molecule has 0 spiro atoms. The molecule has 3 rings (SSSR count). The first-order valence-corrected chi connectivity index (χ1v) is 6.72. The Morgan fingerprint density at radius 3 is 3.05 bits per heavy atom. The minimum Gasteiger partial charge on any atom is -0.369 e. The first kappa shape index (κ1) is 11.9. The van der Waals surface area contributed by atoms with E-state index in [1.807, 2.05) is 31.3 Å². The van der Waals surface area contributed by atoms with Crippen LogP contribution >= 0.6 is 11.8 Å². The van der Waals surface area contributed by atoms with Gasteiger partial charge in [-0.05, 0) is 18.6 Å². The lowest BCUT2D eigenvalue weighted by Crippen LogP contribution is -2.02. The molecule has 19 heavy (non-hydrogen) atoms. The lowest BCUT2D eigenvalue weighted by molar-refractivity contribution is 0.908. The topological polar surface area (TPSA) is 82.0 Å². The van der Waals surface area contributed by atoms with Crippen LogP contribution in [-0.2, 0) is 5.75 Å². The third kappa shape index (κ3) is 2.37. The number of pyridine rings is 1. The highest BCUT2D eigenvalue weighted by atomic mass is 32.2. The molecule has 3 aromatic heterocycles. The standard InChI is InChI=1S/C12H12N6S/c1-8-5-10-16-17-12(18(10)11(13)15-8)19-7-9-3-2-4-14-6-9/h2-6H,7H2,1H3,(H2,13,15). The van der Waals surface area contributed by atoms with E-state index in [4.69, 9.17) is 5.73 Å². The normalized spacial score (nSPS) is 11.0. The van der Waals surface area contributed by atoms with Gasteiger partial charge in [-0.15, -0.1) is 10.2 Å². The van der Waals surface area contributed by atoms with Gasteiger partial charge in [-0.25, -0.2) is 9.38 Å². The lowest BCUT2D eigenvalue weighted by atomic mass is 10.3. The van der Waals surface area contributed by atoms with E-state index in [1.54, 1.807) is 22.4 Å². The molecule has 7 heteroatoms. The number of nitrogens with zero attached hydrogens (tertiary/aromatic N) is 5. The Hall–Kier alpha value is -2.15. The maximum absolute atomic E-state index is 5.92. The van der Waals surface area contributed by atoms with Crippen LogP contribution in [0.3, 0.4) is 0 Å². The number of anilines is 1. The average molecular weight is 272 g/mol. The van der Waals surface area contributed by atoms with Crippen LogP contribution in [0.1, 0.15) is 11.3 Å². The summed E-state index contributed by atoms with van der Waals surface area (Å²) >= 11 is 1.56. The Balaban J connectivity index is 1.90. The Morgan fingerprint density at radius 1 is 1.37 bits per heavy atom. The van der Waals surface area contributed by atoms with Crippen molar-refractivity contribution in [3.05, 3.63) is 41.9 Å². The molecule has 0 bridgehead atoms. The molecule has 3 heterocycles. The first-order valence-electron chi connectivity index (χ1n) is 5.74. The number of fused-ring (bicyclic) bond motifs is 1. The number of rotatable bonds is 3. The number of hydrogen-bond acceptors (Lipinski definition) is 6. The van der Waals surface area contributed by atoms with Crippen LogP contribution in [0.5, 0.6) is 0 Å². The molecule has 6 nitrogen and oxygen atoms in total. The molecule has 0 saturated heterocycles. The van der Waals surface area contributed by atoms with Crippen LogP contribution in [0.15, 0.2) is 35.7 Å². The third-order valence-corrected chi connectivity index (χ3v) is 3.61. The van der Waals surface area contributed by atoms with Gasteiger partial charge in [0.25, 0.3) is 0 Å². The molecule has 96 valence electrons. The summed E-state index contributed by atoms with van der Waals surface area (Å²) in [5.74, 6) is 1.18. The van der Waals surface area contributed by atoms with Crippen LogP contribution in [0.25, 0.3) is 5.65 Å². The highest BCUT2D eigenvalue weighted by molar-refractivity contribution is 7.98. The Morgan fingerprint density at radius 2 is 2.26 bits per heavy atom. The van der Waals surface area contributed by atoms with E-state index in [9.17, 15) is 0 Å². The summed E-state index contributed by atoms with van der Waals surface area (Å²) < 4.78 is 1.76. The van der Waals surface area contributed by atoms with Crippen LogP contribution in [0.2, 0.25) is 0 Å². The minimum absolute atomic E-state index is 0.411. The summed E-state index contributed by atoms with van der Waals surface area (Å²) in [5, 5.41) is 9.00. The van der Waals surface area contributed by atoms with E-state index in [1.165, 1.54) is 0 Å². The molecule has 0 fully saturated rings. The number of aryl methyl sites for hydroxylation is 1. The van der Waals surface area contributed by atoms with Crippen LogP contribution < -0.4 is 5.73 Å². The van der Waals surface area contributed by atoms with Crippen molar-refractivity contribution in [1.82, 2.24) is 24.6 Å². The van der Waals surface area contributed by atoms with Gasteiger partial charge in [-0.3, -0.25) is 4.98 Å². The molecule has 3 aromatic rings. The Kier molecular flexibility index (Phi) is 3.04. The van der Waals surface area contributed by atoms with Gasteiger partial charge < -0.3 is 5.73 Å². The molecule has 0 amide bonds. The monoisotopic (exact) mass is 272 g/mol. The highest BCUT2D eigenvalue weighted by Crippen LogP contribution is 2.23. The third-order valence-electron chi connectivity index (χ3n) is 2.61. The summed E-state index contributed by atoms with van der Waals surface area (Å²) in [6.07, 6.45) is 3.59. The van der Waals surface area contributed by atoms with Crippen molar-refractivity contribution in [2.24, 2.45) is 0 Å². The van der Waals surface area contributed by atoms with E-state index in [2.05, 4.69) is 20.2 Å². The maximum Gasteiger partial charge on any atom is 0.208 e. The van der Waals surface area contributed by atoms with E-state index in [0.717, 1.165) is 27.8 Å². The first-order chi connectivity index (χ1) is 9.24. The molecule has 0 radical (unpaired) electrons. The molecule has 0 unspecified atom stereocenters. The van der Waals surface area contributed by atoms with Gasteiger partial charge in [0.1, 0.15) is 0 Å². The van der Waals surface area contributed by atoms with Gasteiger partial charge in [0.05, 0.1) is 0 Å². The highest BCUT2D eigenvalue weighted by Gasteiger charge is 2.10. The smallest absolute Gasteiger partial charge is 0.208 e. The number of nitrogen functional groups attached to an aromatic ring is 1. The Labute approximate surface area is 114 Å². The second-order valence-corrected chi connectivity index (χ2v) is 5.02. The van der Waals surface area contributed by atoms with Gasteiger partial charge in [-0.2, -0.15) is 0 Å². The molecule has 0 aliphatic heterocycles. The molecule has 2 N–H and O–H groups in total. The van der Waals surface area contributed by atoms with Crippen molar-refractivity contribution in [2.75, 3.05) is 5.73 Å². The second kappa shape index (κ2) is 4.85. The fraction of sp³-hybridized carbons (Fsp3) is 0.167. The van der Waals surface area contributed by atoms with Crippen molar-refractivity contribution < 1.29 is 0 Å². The number of aromatic nitrogens is 5. The second-order valence-electron chi connectivity index (χ2n) is 4.08. The van der Waals surface area contributed by atoms with Gasteiger partial charge in [0.2, 0.25) is 5.95 Å². The lowest BCUT2D eigenvalue weighted by Gasteiger charge is -2.03. The average Bonchev–Trinajstić information content (AvgIpc) is 2.81. The largest absolute Gasteiger partial charge is 0.369 e. The zero-order valence-electron chi connectivity index (χ0n) is 10.3. The van der Waals surface area contributed by atoms with Crippen molar-refractivity contribution in [3.63, 3.8) is 0 Å². The molecular formula is C12H12N6S. The quantitative estimate of drug-likeness (QED) is 0.731. The van der Waals surface area contributed by atoms with Crippen LogP contribution in [0, 0.1) is 6.92 Å². The Bertz CT molecular complexity index is 709. The maximum atomic E-state index is 5.92. The summed E-state index contributed by atoms with van der Waals surface area (Å²) in [4.78, 5) is 8.31. The van der Waals surface area contributed by atoms with E-state index < -0.39 is 0 Å². The van der Waals surface area contributed by atoms with Crippen molar-refractivity contribution in [3.8, 4) is 0 Å². The van der Waals surface area contributed by atoms with Crippen molar-refractivity contribution >= 4 is 23.4 Å². The molecule has 0 aromatic carbocycles. The van der Waals surface area contributed by atoms with E-state index in [0.29, 0.717) is 5.95 Å². The minimum atomic E-state index is 0.411. The molecule has 0 saturated carbocycles. The van der Waals surface area contributed by atoms with Crippen LogP contribution in [0.4, 0.5) is 5.95 Å². The zero-order valence-corrected chi connectivity index (χ0v) is 11.1. The van der Waals surface area contributed by atoms with Crippen LogP contribution in [-0.4, -0.2) is 24.6 Å². The SMILES string of the molecule is Cc1cc2nnc(SCc3cccnc3)n2c(N)n1. The van der Waals surface area contributed by atoms with Crippen molar-refractivity contribution in [1.29, 1.82) is 0 Å². The van der Waals surface area contributed by atoms with Gasteiger partial charge in [-0.1, -0.05) is 17.8 Å². The predicted octanol–water partition coefficient (Wildman–Crippen LogP) is 1.70. The molecular weight excluding hydrogens is 260 g/mol. The number of nitrogens with two attached hydrogens (primary N) is 1. The molecule has 0 atom stereocenters. The summed E-state index contributed by atoms with van der Waals surface area (Å²) in [6, 6.07) is 5.80.